The van der Waals surface area contributed by atoms with Gasteiger partial charge in [0.25, 0.3) is 0 Å². The Kier molecular flexibility index (Phi) is 7.76. The van der Waals surface area contributed by atoms with Crippen LogP contribution in [0.3, 0.4) is 0 Å². The van der Waals surface area contributed by atoms with Crippen LogP contribution in [0, 0.1) is 11.3 Å². The van der Waals surface area contributed by atoms with Gasteiger partial charge in [-0.15, -0.1) is 23.4 Å². The Bertz CT molecular complexity index is 1370. The van der Waals surface area contributed by atoms with E-state index in [1.807, 2.05) is 6.07 Å². The lowest BCUT2D eigenvalue weighted by Gasteiger charge is -2.26. The third-order valence-electron chi connectivity index (χ3n) is 5.71. The quantitative estimate of drug-likeness (QED) is 0.336. The second-order valence-electron chi connectivity index (χ2n) is 8.71. The normalized spacial score (nSPS) is 16.2. The number of rotatable bonds is 9. The lowest BCUT2D eigenvalue weighted by Crippen LogP contribution is -2.52. The first-order valence-corrected chi connectivity index (χ1v) is 11.7. The van der Waals surface area contributed by atoms with Gasteiger partial charge in [0, 0.05) is 5.56 Å². The molecule has 0 saturated heterocycles. The number of halogens is 7. The van der Waals surface area contributed by atoms with Gasteiger partial charge >= 0.3 is 12.5 Å². The number of alkyl halides is 6. The Balaban J connectivity index is 1.62. The van der Waals surface area contributed by atoms with Crippen LogP contribution in [0.15, 0.2) is 52.9 Å². The molecule has 1 amide bonds. The molecule has 206 valence electrons. The number of hydrogen-bond acceptors (Lipinski definition) is 7. The summed E-state index contributed by atoms with van der Waals surface area (Å²) in [5, 5.41) is 20.6. The van der Waals surface area contributed by atoms with Crippen molar-refractivity contribution in [2.75, 3.05) is 0 Å². The highest BCUT2D eigenvalue weighted by molar-refractivity contribution is 6.32. The molecule has 2 atom stereocenters. The highest BCUT2D eigenvalue weighted by Gasteiger charge is 2.49. The largest absolute Gasteiger partial charge is 0.573 e. The van der Waals surface area contributed by atoms with Crippen molar-refractivity contribution in [1.82, 2.24) is 20.8 Å². The maximum atomic E-state index is 14.2. The van der Waals surface area contributed by atoms with E-state index in [4.69, 9.17) is 16.0 Å². The van der Waals surface area contributed by atoms with Crippen molar-refractivity contribution >= 4 is 17.5 Å². The first-order valence-electron chi connectivity index (χ1n) is 11.3. The third-order valence-corrected chi connectivity index (χ3v) is 6.00. The average Bonchev–Trinajstić information content (AvgIpc) is 3.46. The van der Waals surface area contributed by atoms with E-state index in [2.05, 4.69) is 25.6 Å². The van der Waals surface area contributed by atoms with Crippen LogP contribution in [0.1, 0.15) is 30.3 Å². The van der Waals surface area contributed by atoms with Crippen LogP contribution < -0.4 is 15.4 Å². The summed E-state index contributed by atoms with van der Waals surface area (Å²) in [7, 11) is 0. The molecule has 15 heteroatoms. The second kappa shape index (κ2) is 10.7. The number of nitrogens with one attached hydrogen (secondary N) is 2. The van der Waals surface area contributed by atoms with E-state index in [1.165, 1.54) is 0 Å². The van der Waals surface area contributed by atoms with Gasteiger partial charge in [0.15, 0.2) is 6.04 Å². The minimum absolute atomic E-state index is 0.111. The Morgan fingerprint density at radius 1 is 1.13 bits per heavy atom. The molecule has 0 spiro atoms. The van der Waals surface area contributed by atoms with Gasteiger partial charge in [0.05, 0.1) is 17.1 Å². The predicted molar refractivity (Wildman–Crippen MR) is 123 cm³/mol. The van der Waals surface area contributed by atoms with E-state index < -0.39 is 59.2 Å². The van der Waals surface area contributed by atoms with Crippen LogP contribution in [-0.2, 0) is 11.2 Å². The van der Waals surface area contributed by atoms with Gasteiger partial charge < -0.3 is 14.5 Å². The first-order chi connectivity index (χ1) is 18.3. The zero-order valence-electron chi connectivity index (χ0n) is 19.6. The fourth-order valence-corrected chi connectivity index (χ4v) is 3.85. The summed E-state index contributed by atoms with van der Waals surface area (Å²) >= 11 is 5.87. The molecule has 8 nitrogen and oxygen atoms in total. The van der Waals surface area contributed by atoms with E-state index >= 15 is 0 Å². The van der Waals surface area contributed by atoms with Gasteiger partial charge in [0.2, 0.25) is 17.7 Å². The third kappa shape index (κ3) is 7.18. The van der Waals surface area contributed by atoms with Gasteiger partial charge in [-0.1, -0.05) is 35.9 Å². The number of hydrogen-bond donors (Lipinski definition) is 2. The Labute approximate surface area is 221 Å². The molecule has 0 bridgehead atoms. The zero-order chi connectivity index (χ0) is 28.4. The van der Waals surface area contributed by atoms with Crippen molar-refractivity contribution in [3.63, 3.8) is 0 Å². The summed E-state index contributed by atoms with van der Waals surface area (Å²) in [6.45, 7) is 0. The van der Waals surface area contributed by atoms with E-state index in [0.717, 1.165) is 18.2 Å². The van der Waals surface area contributed by atoms with Gasteiger partial charge in [0.1, 0.15) is 11.3 Å². The van der Waals surface area contributed by atoms with E-state index in [1.54, 1.807) is 30.3 Å². The van der Waals surface area contributed by atoms with Gasteiger partial charge in [-0.3, -0.25) is 10.1 Å². The first kappa shape index (κ1) is 28.2. The number of aromatic nitrogens is 2. The Morgan fingerprint density at radius 3 is 2.38 bits per heavy atom. The molecule has 2 aromatic carbocycles. The van der Waals surface area contributed by atoms with Gasteiger partial charge in [-0.05, 0) is 49.1 Å². The van der Waals surface area contributed by atoms with Crippen molar-refractivity contribution in [3.05, 3.63) is 65.0 Å². The molecular weight excluding hydrogens is 556 g/mol. The van der Waals surface area contributed by atoms with Crippen molar-refractivity contribution < 1.29 is 40.3 Å². The van der Waals surface area contributed by atoms with Crippen LogP contribution in [0.25, 0.3) is 11.5 Å². The second-order valence-corrected chi connectivity index (χ2v) is 9.11. The maximum absolute atomic E-state index is 14.2. The van der Waals surface area contributed by atoms with Gasteiger partial charge in [-0.25, -0.2) is 0 Å². The molecule has 2 unspecified atom stereocenters. The topological polar surface area (TPSA) is 113 Å². The molecule has 1 aliphatic carbocycles. The van der Waals surface area contributed by atoms with Crippen molar-refractivity contribution in [2.45, 2.75) is 49.4 Å². The van der Waals surface area contributed by atoms with E-state index in [9.17, 15) is 36.4 Å². The molecule has 1 saturated carbocycles. The van der Waals surface area contributed by atoms with Gasteiger partial charge in [-0.2, -0.15) is 18.4 Å². The zero-order valence-corrected chi connectivity index (χ0v) is 20.4. The standard InChI is InChI=1S/C24H18ClF6N5O3/c25-15-10-13(6-7-17(15)39-24(29,30)31)11-16(19(37)34-22(12-32)8-9-22)33-18(23(26,27)28)21-36-35-20(38-21)14-4-2-1-3-5-14/h1-7,10,16,18,33H,8-9,11H2,(H,34,37). The molecule has 2 N–H and O–H groups in total. The molecule has 0 radical (unpaired) electrons. The van der Waals surface area contributed by atoms with Crippen LogP contribution in [0.5, 0.6) is 5.75 Å². The van der Waals surface area contributed by atoms with Crippen LogP contribution in [-0.4, -0.2) is 40.2 Å². The number of carbonyl (C=O) groups excluding carboxylic acids is 1. The number of nitriles is 1. The molecule has 1 fully saturated rings. The predicted octanol–water partition coefficient (Wildman–Crippen LogP) is 5.27. The Hall–Kier alpha value is -3.83. The molecule has 1 aliphatic rings. The number of ether oxygens (including phenoxy) is 1. The minimum Gasteiger partial charge on any atom is -0.419 e. The molecule has 4 rings (SSSR count). The number of amides is 1. The summed E-state index contributed by atoms with van der Waals surface area (Å²) < 4.78 is 89.2. The van der Waals surface area contributed by atoms with Crippen LogP contribution in [0.2, 0.25) is 5.02 Å². The summed E-state index contributed by atoms with van der Waals surface area (Å²) in [5.41, 5.74) is -0.732. The van der Waals surface area contributed by atoms with Crippen LogP contribution >= 0.6 is 11.6 Å². The average molecular weight is 574 g/mol. The number of benzene rings is 2. The maximum Gasteiger partial charge on any atom is 0.573 e. The minimum atomic E-state index is -5.02. The van der Waals surface area contributed by atoms with E-state index in [-0.39, 0.29) is 11.5 Å². The van der Waals surface area contributed by atoms with Crippen molar-refractivity contribution in [2.24, 2.45) is 0 Å². The molecule has 3 aromatic rings. The molecular formula is C24H18ClF6N5O3. The molecule has 1 aromatic heterocycles. The Morgan fingerprint density at radius 2 is 1.82 bits per heavy atom. The molecule has 1 heterocycles. The number of carbonyl (C=O) groups is 1. The summed E-state index contributed by atoms with van der Waals surface area (Å²) in [6.07, 6.45) is -9.86. The lowest BCUT2D eigenvalue weighted by atomic mass is 10.0. The fourth-order valence-electron chi connectivity index (χ4n) is 3.61. The van der Waals surface area contributed by atoms with Crippen molar-refractivity contribution in [3.8, 4) is 23.3 Å². The summed E-state index contributed by atoms with van der Waals surface area (Å²) in [4.78, 5) is 13.1. The van der Waals surface area contributed by atoms with Crippen LogP contribution in [0.4, 0.5) is 26.3 Å². The fraction of sp³-hybridized carbons (Fsp3) is 0.333. The van der Waals surface area contributed by atoms with E-state index in [0.29, 0.717) is 18.4 Å². The monoisotopic (exact) mass is 573 g/mol. The number of nitrogens with zero attached hydrogens (tertiary/aromatic N) is 3. The molecule has 39 heavy (non-hydrogen) atoms. The lowest BCUT2D eigenvalue weighted by molar-refractivity contribution is -0.274. The smallest absolute Gasteiger partial charge is 0.419 e. The highest BCUT2D eigenvalue weighted by Crippen LogP contribution is 2.37. The summed E-state index contributed by atoms with van der Waals surface area (Å²) in [5.74, 6) is -2.72. The molecule has 0 aliphatic heterocycles. The van der Waals surface area contributed by atoms with Crippen molar-refractivity contribution in [1.29, 1.82) is 5.26 Å². The SMILES string of the molecule is N#CC1(NC(=O)C(Cc2ccc(OC(F)(F)F)c(Cl)c2)NC(c2nnc(-c3ccccc3)o2)C(F)(F)F)CC1. The highest BCUT2D eigenvalue weighted by atomic mass is 35.5. The summed E-state index contributed by atoms with van der Waals surface area (Å²) in [6, 6.07) is 8.74.